The SMILES string of the molecule is O=[N+]([O-])c1ccc(-c2noc(/C=C/c3ccc([N+](=O)[O-])o3)n2)cc1. The van der Waals surface area contributed by atoms with Gasteiger partial charge in [-0.05, 0) is 24.3 Å². The van der Waals surface area contributed by atoms with Crippen molar-refractivity contribution in [1.29, 1.82) is 0 Å². The minimum absolute atomic E-state index is 0.0400. The van der Waals surface area contributed by atoms with E-state index in [0.717, 1.165) is 0 Å². The summed E-state index contributed by atoms with van der Waals surface area (Å²) in [4.78, 5) is 24.1. The average molecular weight is 328 g/mol. The van der Waals surface area contributed by atoms with Crippen molar-refractivity contribution in [1.82, 2.24) is 10.1 Å². The van der Waals surface area contributed by atoms with E-state index in [1.165, 1.54) is 48.6 Å². The van der Waals surface area contributed by atoms with Crippen molar-refractivity contribution in [2.45, 2.75) is 0 Å². The van der Waals surface area contributed by atoms with Gasteiger partial charge in [-0.3, -0.25) is 20.2 Å². The molecule has 0 aliphatic rings. The van der Waals surface area contributed by atoms with Crippen LogP contribution in [-0.4, -0.2) is 20.0 Å². The number of furan rings is 1. The number of nitrogens with zero attached hydrogens (tertiary/aromatic N) is 4. The van der Waals surface area contributed by atoms with Gasteiger partial charge >= 0.3 is 5.88 Å². The van der Waals surface area contributed by atoms with Crippen LogP contribution in [0, 0.1) is 20.2 Å². The van der Waals surface area contributed by atoms with Gasteiger partial charge < -0.3 is 8.94 Å². The second kappa shape index (κ2) is 6.12. The lowest BCUT2D eigenvalue weighted by atomic mass is 10.2. The van der Waals surface area contributed by atoms with E-state index in [0.29, 0.717) is 5.56 Å². The van der Waals surface area contributed by atoms with Gasteiger partial charge in [0, 0.05) is 23.8 Å². The minimum atomic E-state index is -0.642. The van der Waals surface area contributed by atoms with Crippen molar-refractivity contribution < 1.29 is 18.8 Å². The number of non-ortho nitro benzene ring substituents is 1. The lowest BCUT2D eigenvalue weighted by Crippen LogP contribution is -1.87. The average Bonchev–Trinajstić information content (AvgIpc) is 3.22. The molecule has 0 bridgehead atoms. The summed E-state index contributed by atoms with van der Waals surface area (Å²) in [7, 11) is 0. The van der Waals surface area contributed by atoms with E-state index in [-0.39, 0.29) is 29.0 Å². The van der Waals surface area contributed by atoms with Crippen molar-refractivity contribution in [3.63, 3.8) is 0 Å². The quantitative estimate of drug-likeness (QED) is 0.513. The molecule has 0 radical (unpaired) electrons. The highest BCUT2D eigenvalue weighted by atomic mass is 16.6. The summed E-state index contributed by atoms with van der Waals surface area (Å²) >= 11 is 0. The summed E-state index contributed by atoms with van der Waals surface area (Å²) < 4.78 is 9.97. The fraction of sp³-hybridized carbons (Fsp3) is 0. The summed E-state index contributed by atoms with van der Waals surface area (Å²) in [5.41, 5.74) is 0.513. The van der Waals surface area contributed by atoms with Gasteiger partial charge in [-0.15, -0.1) is 0 Å². The smallest absolute Gasteiger partial charge is 0.401 e. The van der Waals surface area contributed by atoms with Crippen LogP contribution in [0.2, 0.25) is 0 Å². The fourth-order valence-electron chi connectivity index (χ4n) is 1.84. The third-order valence-corrected chi connectivity index (χ3v) is 2.96. The Kier molecular flexibility index (Phi) is 3.85. The predicted molar refractivity (Wildman–Crippen MR) is 80.7 cm³/mol. The molecule has 0 amide bonds. The molecule has 0 N–H and O–H groups in total. The second-order valence-corrected chi connectivity index (χ2v) is 4.53. The predicted octanol–water partition coefficient (Wildman–Crippen LogP) is 3.32. The van der Waals surface area contributed by atoms with E-state index in [1.54, 1.807) is 0 Å². The lowest BCUT2D eigenvalue weighted by molar-refractivity contribution is -0.402. The Morgan fingerprint density at radius 3 is 2.33 bits per heavy atom. The highest BCUT2D eigenvalue weighted by Crippen LogP contribution is 2.21. The van der Waals surface area contributed by atoms with Crippen molar-refractivity contribution in [2.75, 3.05) is 0 Å². The molecule has 120 valence electrons. The van der Waals surface area contributed by atoms with Gasteiger partial charge in [0.05, 0.1) is 11.0 Å². The van der Waals surface area contributed by atoms with Crippen LogP contribution in [0.25, 0.3) is 23.5 Å². The van der Waals surface area contributed by atoms with E-state index in [4.69, 9.17) is 8.94 Å². The largest absolute Gasteiger partial charge is 0.433 e. The first-order valence-electron chi connectivity index (χ1n) is 6.54. The molecule has 0 aliphatic carbocycles. The molecule has 0 aliphatic heterocycles. The van der Waals surface area contributed by atoms with Crippen LogP contribution in [0.15, 0.2) is 45.3 Å². The van der Waals surface area contributed by atoms with Crippen LogP contribution in [0.3, 0.4) is 0 Å². The van der Waals surface area contributed by atoms with Crippen LogP contribution in [0.4, 0.5) is 11.6 Å². The lowest BCUT2D eigenvalue weighted by Gasteiger charge is -1.93. The molecule has 0 saturated carbocycles. The van der Waals surface area contributed by atoms with Crippen LogP contribution in [-0.2, 0) is 0 Å². The maximum Gasteiger partial charge on any atom is 0.433 e. The number of hydrogen-bond donors (Lipinski definition) is 0. The summed E-state index contributed by atoms with van der Waals surface area (Å²) in [6, 6.07) is 8.35. The van der Waals surface area contributed by atoms with Crippen LogP contribution in [0.5, 0.6) is 0 Å². The van der Waals surface area contributed by atoms with E-state index < -0.39 is 9.85 Å². The van der Waals surface area contributed by atoms with E-state index >= 15 is 0 Å². The van der Waals surface area contributed by atoms with Gasteiger partial charge in [-0.2, -0.15) is 4.98 Å². The zero-order chi connectivity index (χ0) is 17.1. The highest BCUT2D eigenvalue weighted by Gasteiger charge is 2.11. The van der Waals surface area contributed by atoms with Gasteiger partial charge in [0.25, 0.3) is 11.6 Å². The highest BCUT2D eigenvalue weighted by molar-refractivity contribution is 5.65. The van der Waals surface area contributed by atoms with Crippen molar-refractivity contribution in [2.24, 2.45) is 0 Å². The van der Waals surface area contributed by atoms with Crippen LogP contribution < -0.4 is 0 Å². The first-order valence-corrected chi connectivity index (χ1v) is 6.54. The Bertz CT molecular complexity index is 925. The first-order chi connectivity index (χ1) is 11.5. The Morgan fingerprint density at radius 1 is 0.958 bits per heavy atom. The number of rotatable bonds is 5. The molecule has 1 aromatic carbocycles. The third kappa shape index (κ3) is 3.16. The molecule has 24 heavy (non-hydrogen) atoms. The summed E-state index contributed by atoms with van der Waals surface area (Å²) in [6.07, 6.45) is 2.88. The number of nitro groups is 2. The minimum Gasteiger partial charge on any atom is -0.401 e. The van der Waals surface area contributed by atoms with Crippen molar-refractivity contribution in [3.8, 4) is 11.4 Å². The first kappa shape index (κ1) is 15.1. The summed E-state index contributed by atoms with van der Waals surface area (Å²) in [5.74, 6) is 0.306. The van der Waals surface area contributed by atoms with Crippen LogP contribution >= 0.6 is 0 Å². The molecule has 2 heterocycles. The Hall–Kier alpha value is -3.82. The number of nitro benzene ring substituents is 1. The van der Waals surface area contributed by atoms with Gasteiger partial charge in [0.2, 0.25) is 5.82 Å². The Balaban J connectivity index is 1.76. The summed E-state index contributed by atoms with van der Waals surface area (Å²) in [6.45, 7) is 0. The maximum absolute atomic E-state index is 10.6. The number of hydrogen-bond acceptors (Lipinski definition) is 8. The monoisotopic (exact) mass is 328 g/mol. The van der Waals surface area contributed by atoms with Crippen molar-refractivity contribution in [3.05, 3.63) is 68.3 Å². The zero-order valence-corrected chi connectivity index (χ0v) is 11.9. The van der Waals surface area contributed by atoms with Gasteiger partial charge in [-0.1, -0.05) is 5.16 Å². The van der Waals surface area contributed by atoms with Gasteiger partial charge in [0.15, 0.2) is 0 Å². The molecule has 0 atom stereocenters. The van der Waals surface area contributed by atoms with E-state index in [1.807, 2.05) is 0 Å². The Morgan fingerprint density at radius 2 is 1.71 bits per heavy atom. The topological polar surface area (TPSA) is 138 Å². The maximum atomic E-state index is 10.6. The molecule has 3 rings (SSSR count). The standard InChI is InChI=1S/C14H8N4O6/c19-17(20)10-3-1-9(2-4-10)14-15-12(24-16-14)7-5-11-6-8-13(23-11)18(21)22/h1-8H/b7-5+. The summed E-state index contributed by atoms with van der Waals surface area (Å²) in [5, 5.41) is 24.9. The number of aromatic nitrogens is 2. The fourth-order valence-corrected chi connectivity index (χ4v) is 1.84. The van der Waals surface area contributed by atoms with Crippen molar-refractivity contribution >= 4 is 23.7 Å². The molecular formula is C14H8N4O6. The third-order valence-electron chi connectivity index (χ3n) is 2.96. The zero-order valence-electron chi connectivity index (χ0n) is 11.9. The normalized spacial score (nSPS) is 11.0. The van der Waals surface area contributed by atoms with E-state index in [2.05, 4.69) is 10.1 Å². The van der Waals surface area contributed by atoms with E-state index in [9.17, 15) is 20.2 Å². The Labute approximate surface area is 133 Å². The molecule has 0 fully saturated rings. The molecule has 0 spiro atoms. The molecule has 0 unspecified atom stereocenters. The van der Waals surface area contributed by atoms with Gasteiger partial charge in [0.1, 0.15) is 10.7 Å². The molecule has 10 heteroatoms. The van der Waals surface area contributed by atoms with Crippen LogP contribution in [0.1, 0.15) is 11.7 Å². The molecule has 2 aromatic heterocycles. The molecule has 3 aromatic rings. The van der Waals surface area contributed by atoms with Gasteiger partial charge in [-0.25, -0.2) is 0 Å². The second-order valence-electron chi connectivity index (χ2n) is 4.53. The molecule has 10 nitrogen and oxygen atoms in total. The molecular weight excluding hydrogens is 320 g/mol. The number of benzene rings is 1. The molecule has 0 saturated heterocycles.